The molecule has 3 aliphatic heterocycles. The minimum atomic E-state index is -1.07. The normalized spacial score (nSPS) is 22.1. The lowest BCUT2D eigenvalue weighted by Crippen LogP contribution is -2.49. The quantitative estimate of drug-likeness (QED) is 0.294. The van der Waals surface area contributed by atoms with Gasteiger partial charge in [-0.2, -0.15) is 5.10 Å². The van der Waals surface area contributed by atoms with Gasteiger partial charge < -0.3 is 29.1 Å². The lowest BCUT2D eigenvalue weighted by molar-refractivity contribution is -0.144. The highest BCUT2D eigenvalue weighted by Crippen LogP contribution is 2.36. The number of likely N-dealkylation sites (tertiary alicyclic amines) is 2. The van der Waals surface area contributed by atoms with E-state index in [1.54, 1.807) is 4.90 Å². The van der Waals surface area contributed by atoms with Gasteiger partial charge >= 0.3 is 6.09 Å². The molecule has 4 aliphatic rings. The minimum Gasteiger partial charge on any atom is -0.478 e. The molecule has 1 saturated carbocycles. The average molecular weight is 697 g/mol. The zero-order valence-electron chi connectivity index (χ0n) is 30.6. The van der Waals surface area contributed by atoms with Gasteiger partial charge in [0.15, 0.2) is 5.60 Å². The molecular formula is C40H52N6O5. The van der Waals surface area contributed by atoms with Crippen LogP contribution in [-0.2, 0) is 20.9 Å². The van der Waals surface area contributed by atoms with Crippen molar-refractivity contribution in [3.63, 3.8) is 0 Å². The third kappa shape index (κ3) is 8.02. The molecule has 0 bridgehead atoms. The number of ether oxygens (including phenoxy) is 2. The molecule has 4 heterocycles. The van der Waals surface area contributed by atoms with Crippen molar-refractivity contribution in [1.29, 1.82) is 0 Å². The Labute approximate surface area is 301 Å². The van der Waals surface area contributed by atoms with Crippen molar-refractivity contribution in [2.75, 3.05) is 44.2 Å². The van der Waals surface area contributed by atoms with Crippen LogP contribution in [0.25, 0.3) is 11.1 Å². The van der Waals surface area contributed by atoms with Gasteiger partial charge in [-0.3, -0.25) is 14.7 Å². The molecule has 0 unspecified atom stereocenters. The zero-order chi connectivity index (χ0) is 35.9. The number of hydrogen-bond acceptors (Lipinski definition) is 7. The van der Waals surface area contributed by atoms with Crippen molar-refractivity contribution in [2.45, 2.75) is 84.1 Å². The van der Waals surface area contributed by atoms with Crippen LogP contribution in [0.1, 0.15) is 65.9 Å². The number of carbonyl (C=O) groups excluding carboxylic acids is 3. The molecule has 3 saturated heterocycles. The number of H-pyrrole nitrogens is 1. The number of fused-ring (bicyclic) bond motifs is 1. The van der Waals surface area contributed by atoms with Gasteiger partial charge in [-0.25, -0.2) is 4.79 Å². The highest BCUT2D eigenvalue weighted by molar-refractivity contribution is 5.85. The number of aromatic amines is 1. The maximum atomic E-state index is 14.0. The molecule has 11 nitrogen and oxygen atoms in total. The predicted molar refractivity (Wildman–Crippen MR) is 195 cm³/mol. The third-order valence-electron chi connectivity index (χ3n) is 10.7. The SMILES string of the molecule is CC(C)(C)OC(=O)N1C[C@@H]2CN(C(=O)C(C)(C)Oc3cccc(N4CCC[C@@H](C(=O)N(Cc5ccc(-c6cn[nH]c6)cc5)C5CC5)C4)c3)C[C@@H]2C1. The van der Waals surface area contributed by atoms with E-state index in [1.807, 2.05) is 70.1 Å². The first kappa shape index (κ1) is 34.9. The van der Waals surface area contributed by atoms with Crippen molar-refractivity contribution in [3.8, 4) is 16.9 Å². The number of carbonyl (C=O) groups is 3. The Morgan fingerprint density at radius 2 is 1.59 bits per heavy atom. The zero-order valence-corrected chi connectivity index (χ0v) is 30.6. The predicted octanol–water partition coefficient (Wildman–Crippen LogP) is 5.97. The van der Waals surface area contributed by atoms with E-state index < -0.39 is 11.2 Å². The topological polar surface area (TPSA) is 111 Å². The van der Waals surface area contributed by atoms with E-state index in [-0.39, 0.29) is 35.7 Å². The Morgan fingerprint density at radius 3 is 2.24 bits per heavy atom. The van der Waals surface area contributed by atoms with E-state index in [1.165, 1.54) is 0 Å². The van der Waals surface area contributed by atoms with Crippen molar-refractivity contribution in [2.24, 2.45) is 17.8 Å². The summed E-state index contributed by atoms with van der Waals surface area (Å²) in [6.07, 6.45) is 7.35. The maximum Gasteiger partial charge on any atom is 0.410 e. The lowest BCUT2D eigenvalue weighted by Gasteiger charge is -2.37. The maximum absolute atomic E-state index is 14.0. The highest BCUT2D eigenvalue weighted by atomic mass is 16.6. The molecule has 1 aromatic heterocycles. The van der Waals surface area contributed by atoms with Gasteiger partial charge in [0.2, 0.25) is 5.91 Å². The second-order valence-electron chi connectivity index (χ2n) is 16.4. The van der Waals surface area contributed by atoms with Crippen molar-refractivity contribution in [3.05, 3.63) is 66.5 Å². The summed E-state index contributed by atoms with van der Waals surface area (Å²) in [6.45, 7) is 13.8. The van der Waals surface area contributed by atoms with Crippen LogP contribution in [0.5, 0.6) is 5.75 Å². The summed E-state index contributed by atoms with van der Waals surface area (Å²) in [5, 5.41) is 6.92. The van der Waals surface area contributed by atoms with Crippen molar-refractivity contribution >= 4 is 23.6 Å². The van der Waals surface area contributed by atoms with Crippen LogP contribution in [-0.4, -0.2) is 99.3 Å². The molecule has 7 rings (SSSR count). The van der Waals surface area contributed by atoms with Crippen LogP contribution < -0.4 is 9.64 Å². The second-order valence-corrected chi connectivity index (χ2v) is 16.4. The fourth-order valence-electron chi connectivity index (χ4n) is 7.93. The second kappa shape index (κ2) is 13.9. The van der Waals surface area contributed by atoms with Crippen LogP contribution in [0.2, 0.25) is 0 Å². The van der Waals surface area contributed by atoms with Crippen LogP contribution >= 0.6 is 0 Å². The molecular weight excluding hydrogens is 644 g/mol. The van der Waals surface area contributed by atoms with E-state index in [0.29, 0.717) is 51.1 Å². The van der Waals surface area contributed by atoms with Gasteiger partial charge in [0.05, 0.1) is 12.1 Å². The molecule has 1 N–H and O–H groups in total. The Hall–Kier alpha value is -4.54. The van der Waals surface area contributed by atoms with Gasteiger partial charge in [0, 0.05) is 87.2 Å². The Kier molecular flexibility index (Phi) is 9.50. The van der Waals surface area contributed by atoms with Gasteiger partial charge in [0.1, 0.15) is 11.4 Å². The van der Waals surface area contributed by atoms with Crippen LogP contribution in [0.15, 0.2) is 60.9 Å². The first-order chi connectivity index (χ1) is 24.3. The van der Waals surface area contributed by atoms with Crippen LogP contribution in [0.4, 0.5) is 10.5 Å². The molecule has 3 atom stereocenters. The number of amides is 3. The van der Waals surface area contributed by atoms with E-state index in [9.17, 15) is 14.4 Å². The number of benzene rings is 2. The molecule has 51 heavy (non-hydrogen) atoms. The molecule has 3 aromatic rings. The molecule has 272 valence electrons. The number of nitrogens with one attached hydrogen (secondary N) is 1. The van der Waals surface area contributed by atoms with Crippen LogP contribution in [0, 0.1) is 17.8 Å². The summed E-state index contributed by atoms with van der Waals surface area (Å²) < 4.78 is 12.0. The summed E-state index contributed by atoms with van der Waals surface area (Å²) in [5.74, 6) is 1.22. The highest BCUT2D eigenvalue weighted by Gasteiger charge is 2.47. The Balaban J connectivity index is 0.947. The summed E-state index contributed by atoms with van der Waals surface area (Å²) in [5.41, 5.74) is 2.69. The fourth-order valence-corrected chi connectivity index (χ4v) is 7.93. The van der Waals surface area contributed by atoms with Crippen molar-refractivity contribution < 1.29 is 23.9 Å². The van der Waals surface area contributed by atoms with Gasteiger partial charge in [-0.1, -0.05) is 30.3 Å². The third-order valence-corrected chi connectivity index (χ3v) is 10.7. The van der Waals surface area contributed by atoms with Gasteiger partial charge in [-0.15, -0.1) is 0 Å². The van der Waals surface area contributed by atoms with E-state index >= 15 is 0 Å². The standard InChI is InChI=1S/C40H52N6O5/c1-39(2,3)51-38(49)45-25-31-23-44(24-32(31)26-45)37(48)40(4,5)50-35-10-6-9-34(18-35)43-17-7-8-29(22-43)36(47)46(33-15-16-33)21-27-11-13-28(14-12-27)30-19-41-42-20-30/h6,9-14,18-20,29,31-33H,7-8,15-17,21-26H2,1-5H3,(H,41,42)/t29-,31-,32+/m1/s1. The van der Waals surface area contributed by atoms with Crippen LogP contribution in [0.3, 0.4) is 0 Å². The van der Waals surface area contributed by atoms with E-state index in [2.05, 4.69) is 50.3 Å². The summed E-state index contributed by atoms with van der Waals surface area (Å²) >= 11 is 0. The summed E-state index contributed by atoms with van der Waals surface area (Å²) in [7, 11) is 0. The lowest BCUT2D eigenvalue weighted by atomic mass is 9.95. The van der Waals surface area contributed by atoms with Gasteiger partial charge in [-0.05, 0) is 83.6 Å². The molecule has 3 amide bonds. The monoisotopic (exact) mass is 696 g/mol. The number of rotatable bonds is 9. The molecule has 4 fully saturated rings. The van der Waals surface area contributed by atoms with Gasteiger partial charge in [0.25, 0.3) is 5.91 Å². The largest absolute Gasteiger partial charge is 0.478 e. The van der Waals surface area contributed by atoms with E-state index in [4.69, 9.17) is 9.47 Å². The number of hydrogen-bond donors (Lipinski definition) is 1. The first-order valence-electron chi connectivity index (χ1n) is 18.5. The van der Waals surface area contributed by atoms with E-state index in [0.717, 1.165) is 54.6 Å². The minimum absolute atomic E-state index is 0.0500. The smallest absolute Gasteiger partial charge is 0.410 e. The molecule has 0 radical (unpaired) electrons. The molecule has 2 aromatic carbocycles. The fraction of sp³-hybridized carbons (Fsp3) is 0.550. The Bertz CT molecular complexity index is 1700. The molecule has 1 aliphatic carbocycles. The average Bonchev–Trinajstić information content (AvgIpc) is 3.44. The molecule has 0 spiro atoms. The first-order valence-corrected chi connectivity index (χ1v) is 18.5. The summed E-state index contributed by atoms with van der Waals surface area (Å²) in [4.78, 5) is 48.5. The number of piperidine rings is 1. The number of anilines is 1. The molecule has 11 heteroatoms. The number of aromatic nitrogens is 2. The Morgan fingerprint density at radius 1 is 0.882 bits per heavy atom. The number of nitrogens with zero attached hydrogens (tertiary/aromatic N) is 5. The summed E-state index contributed by atoms with van der Waals surface area (Å²) in [6, 6.07) is 16.7. The van der Waals surface area contributed by atoms with Crippen molar-refractivity contribution in [1.82, 2.24) is 24.9 Å².